The molecule has 0 unspecified atom stereocenters. The number of nitrogens with zero attached hydrogens (tertiary/aromatic N) is 1. The maximum absolute atomic E-state index is 12.8. The van der Waals surface area contributed by atoms with E-state index in [2.05, 4.69) is 0 Å². The minimum Gasteiger partial charge on any atom is -0.497 e. The van der Waals surface area contributed by atoms with E-state index in [4.69, 9.17) is 9.84 Å². The van der Waals surface area contributed by atoms with Crippen LogP contribution < -0.4 is 4.74 Å². The van der Waals surface area contributed by atoms with Crippen LogP contribution in [0.1, 0.15) is 31.8 Å². The first-order chi connectivity index (χ1) is 12.5. The zero-order valence-electron chi connectivity index (χ0n) is 14.4. The van der Waals surface area contributed by atoms with Gasteiger partial charge in [0.1, 0.15) is 12.4 Å². The summed E-state index contributed by atoms with van der Waals surface area (Å²) in [7, 11) is 1.55. The van der Waals surface area contributed by atoms with Crippen LogP contribution in [0, 0.1) is 0 Å². The molecule has 0 spiro atoms. The van der Waals surface area contributed by atoms with E-state index in [9.17, 15) is 14.4 Å². The monoisotopic (exact) mass is 353 g/mol. The number of hydrogen-bond donors (Lipinski definition) is 1. The molecule has 26 heavy (non-hydrogen) atoms. The van der Waals surface area contributed by atoms with Gasteiger partial charge in [-0.05, 0) is 41.5 Å². The van der Waals surface area contributed by atoms with Gasteiger partial charge < -0.3 is 14.7 Å². The number of carbonyl (C=O) groups is 3. The molecule has 0 fully saturated rings. The summed E-state index contributed by atoms with van der Waals surface area (Å²) in [6.07, 6.45) is 0.218. The second kappa shape index (κ2) is 7.49. The van der Waals surface area contributed by atoms with E-state index < -0.39 is 12.4 Å². The van der Waals surface area contributed by atoms with Gasteiger partial charge in [0.25, 0.3) is 5.91 Å². The third-order valence-electron chi connectivity index (χ3n) is 4.41. The lowest BCUT2D eigenvalue weighted by Gasteiger charge is -2.20. The van der Waals surface area contributed by atoms with Crippen molar-refractivity contribution in [2.75, 3.05) is 20.3 Å². The van der Waals surface area contributed by atoms with Gasteiger partial charge in [-0.1, -0.05) is 12.1 Å². The molecule has 0 aliphatic carbocycles. The van der Waals surface area contributed by atoms with Crippen LogP contribution in [-0.4, -0.2) is 47.7 Å². The van der Waals surface area contributed by atoms with Gasteiger partial charge in [0.05, 0.1) is 13.7 Å². The number of carbonyl (C=O) groups excluding carboxylic acids is 3. The number of amides is 1. The van der Waals surface area contributed by atoms with E-state index >= 15 is 0 Å². The average Bonchev–Trinajstić information content (AvgIpc) is 2.84. The van der Waals surface area contributed by atoms with Crippen LogP contribution in [0.25, 0.3) is 0 Å². The highest BCUT2D eigenvalue weighted by atomic mass is 16.5. The largest absolute Gasteiger partial charge is 0.497 e. The standard InChI is InChI=1S/C20H19NO5/c1-26-18-6-4-13(5-7-18)20(25)21-10-16-8-15(19(24)12-22)3-2-14(16)9-17(23)11-21/h2-8,22H,9-12H2,1H3. The van der Waals surface area contributed by atoms with Crippen molar-refractivity contribution in [1.29, 1.82) is 0 Å². The molecular weight excluding hydrogens is 334 g/mol. The Morgan fingerprint density at radius 2 is 1.73 bits per heavy atom. The van der Waals surface area contributed by atoms with Gasteiger partial charge in [-0.3, -0.25) is 14.4 Å². The first-order valence-electron chi connectivity index (χ1n) is 8.22. The summed E-state index contributed by atoms with van der Waals surface area (Å²) in [5, 5.41) is 9.04. The van der Waals surface area contributed by atoms with Gasteiger partial charge in [-0.25, -0.2) is 0 Å². The maximum atomic E-state index is 12.8. The number of ketones is 2. The Morgan fingerprint density at radius 3 is 2.38 bits per heavy atom. The van der Waals surface area contributed by atoms with Gasteiger partial charge in [-0.15, -0.1) is 0 Å². The molecule has 0 atom stereocenters. The number of aliphatic hydroxyl groups is 1. The normalized spacial score (nSPS) is 13.8. The molecule has 1 amide bonds. The van der Waals surface area contributed by atoms with Crippen molar-refractivity contribution in [2.45, 2.75) is 13.0 Å². The zero-order valence-corrected chi connectivity index (χ0v) is 14.4. The van der Waals surface area contributed by atoms with E-state index in [0.717, 1.165) is 11.1 Å². The van der Waals surface area contributed by atoms with Crippen LogP contribution in [0.4, 0.5) is 0 Å². The average molecular weight is 353 g/mol. The molecule has 1 aliphatic heterocycles. The highest BCUT2D eigenvalue weighted by Gasteiger charge is 2.25. The molecule has 2 aromatic rings. The van der Waals surface area contributed by atoms with E-state index in [-0.39, 0.29) is 31.2 Å². The topological polar surface area (TPSA) is 83.9 Å². The Bertz CT molecular complexity index is 857. The summed E-state index contributed by atoms with van der Waals surface area (Å²) in [6.45, 7) is -0.326. The molecule has 0 aromatic heterocycles. The van der Waals surface area contributed by atoms with Crippen molar-refractivity contribution in [3.05, 3.63) is 64.7 Å². The summed E-state index contributed by atoms with van der Waals surface area (Å²) < 4.78 is 5.09. The van der Waals surface area contributed by atoms with Crippen molar-refractivity contribution < 1.29 is 24.2 Å². The van der Waals surface area contributed by atoms with Gasteiger partial charge >= 0.3 is 0 Å². The summed E-state index contributed by atoms with van der Waals surface area (Å²) in [4.78, 5) is 38.3. The number of methoxy groups -OCH3 is 1. The Labute approximate surface area is 151 Å². The lowest BCUT2D eigenvalue weighted by atomic mass is 9.99. The minimum atomic E-state index is -0.577. The third kappa shape index (κ3) is 3.65. The van der Waals surface area contributed by atoms with Crippen LogP contribution in [0.2, 0.25) is 0 Å². The van der Waals surface area contributed by atoms with E-state index in [0.29, 0.717) is 16.9 Å². The quantitative estimate of drug-likeness (QED) is 0.845. The molecule has 2 aromatic carbocycles. The molecule has 6 nitrogen and oxygen atoms in total. The Balaban J connectivity index is 1.90. The van der Waals surface area contributed by atoms with Crippen molar-refractivity contribution in [3.63, 3.8) is 0 Å². The number of benzene rings is 2. The Kier molecular flexibility index (Phi) is 5.14. The second-order valence-corrected chi connectivity index (χ2v) is 6.17. The number of Topliss-reactive ketones (excluding diaryl/α,β-unsaturated/α-hetero) is 2. The maximum Gasteiger partial charge on any atom is 0.254 e. The predicted molar refractivity (Wildman–Crippen MR) is 94.3 cm³/mol. The molecule has 6 heteroatoms. The minimum absolute atomic E-state index is 0.0167. The van der Waals surface area contributed by atoms with Gasteiger partial charge in [0, 0.05) is 24.1 Å². The fourth-order valence-electron chi connectivity index (χ4n) is 3.01. The lowest BCUT2D eigenvalue weighted by molar-refractivity contribution is -0.118. The number of rotatable bonds is 4. The third-order valence-corrected chi connectivity index (χ3v) is 4.41. The molecule has 1 N–H and O–H groups in total. The number of hydrogen-bond acceptors (Lipinski definition) is 5. The van der Waals surface area contributed by atoms with Gasteiger partial charge in [-0.2, -0.15) is 0 Å². The molecule has 0 saturated heterocycles. The van der Waals surface area contributed by atoms with Gasteiger partial charge in [0.2, 0.25) is 0 Å². The molecule has 0 saturated carbocycles. The van der Waals surface area contributed by atoms with E-state index in [1.807, 2.05) is 0 Å². The van der Waals surface area contributed by atoms with Crippen molar-refractivity contribution >= 4 is 17.5 Å². The summed E-state index contributed by atoms with van der Waals surface area (Å²) in [5.41, 5.74) is 2.38. The predicted octanol–water partition coefficient (Wildman–Crippen LogP) is 1.64. The highest BCUT2D eigenvalue weighted by molar-refractivity contribution is 5.99. The molecule has 0 bridgehead atoms. The van der Waals surface area contributed by atoms with Crippen LogP contribution in [0.3, 0.4) is 0 Å². The first-order valence-corrected chi connectivity index (χ1v) is 8.22. The van der Waals surface area contributed by atoms with Crippen LogP contribution >= 0.6 is 0 Å². The fourth-order valence-corrected chi connectivity index (χ4v) is 3.01. The first kappa shape index (κ1) is 17.8. The molecule has 1 aliphatic rings. The number of fused-ring (bicyclic) bond motifs is 1. The van der Waals surface area contributed by atoms with Crippen molar-refractivity contribution in [2.24, 2.45) is 0 Å². The molecule has 3 rings (SSSR count). The molecule has 1 heterocycles. The van der Waals surface area contributed by atoms with Gasteiger partial charge in [0.15, 0.2) is 11.6 Å². The molecular formula is C20H19NO5. The van der Waals surface area contributed by atoms with E-state index in [1.165, 1.54) is 4.90 Å². The molecule has 134 valence electrons. The molecule has 0 radical (unpaired) electrons. The van der Waals surface area contributed by atoms with Crippen LogP contribution in [0.5, 0.6) is 5.75 Å². The van der Waals surface area contributed by atoms with Crippen molar-refractivity contribution in [1.82, 2.24) is 4.90 Å². The Hall–Kier alpha value is -2.99. The summed E-state index contributed by atoms with van der Waals surface area (Å²) in [5.74, 6) is -0.0676. The van der Waals surface area contributed by atoms with Crippen LogP contribution in [-0.2, 0) is 17.8 Å². The summed E-state index contributed by atoms with van der Waals surface area (Å²) in [6, 6.07) is 11.7. The highest BCUT2D eigenvalue weighted by Crippen LogP contribution is 2.21. The lowest BCUT2D eigenvalue weighted by Crippen LogP contribution is -2.34. The van der Waals surface area contributed by atoms with E-state index in [1.54, 1.807) is 49.6 Å². The zero-order chi connectivity index (χ0) is 18.7. The fraction of sp³-hybridized carbons (Fsp3) is 0.250. The van der Waals surface area contributed by atoms with Crippen LogP contribution in [0.15, 0.2) is 42.5 Å². The smallest absolute Gasteiger partial charge is 0.254 e. The second-order valence-electron chi connectivity index (χ2n) is 6.17. The number of aliphatic hydroxyl groups excluding tert-OH is 1. The summed E-state index contributed by atoms with van der Waals surface area (Å²) >= 11 is 0. The Morgan fingerprint density at radius 1 is 1.04 bits per heavy atom. The number of ether oxygens (including phenoxy) is 1. The van der Waals surface area contributed by atoms with Crippen molar-refractivity contribution in [3.8, 4) is 5.75 Å². The SMILES string of the molecule is COc1ccc(C(=O)N2CC(=O)Cc3ccc(C(=O)CO)cc3C2)cc1.